The van der Waals surface area contributed by atoms with Crippen molar-refractivity contribution in [3.05, 3.63) is 76.4 Å². The minimum atomic E-state index is 0.507. The van der Waals surface area contributed by atoms with Gasteiger partial charge in [0.15, 0.2) is 5.82 Å². The van der Waals surface area contributed by atoms with Crippen molar-refractivity contribution in [2.24, 2.45) is 0 Å². The lowest BCUT2D eigenvalue weighted by Gasteiger charge is -2.09. The van der Waals surface area contributed by atoms with Gasteiger partial charge in [-0.15, -0.1) is 0 Å². The Bertz CT molecular complexity index is 1090. The molecule has 0 saturated carbocycles. The van der Waals surface area contributed by atoms with Gasteiger partial charge in [0, 0.05) is 17.1 Å². The van der Waals surface area contributed by atoms with Crippen LogP contribution in [0.15, 0.2) is 60.8 Å². The molecule has 2 aromatic heterocycles. The number of pyridine rings is 1. The molecule has 0 fully saturated rings. The van der Waals surface area contributed by atoms with Crippen LogP contribution >= 0.6 is 23.2 Å². The van der Waals surface area contributed by atoms with Gasteiger partial charge in [0.25, 0.3) is 0 Å². The van der Waals surface area contributed by atoms with Gasteiger partial charge in [-0.3, -0.25) is 0 Å². The van der Waals surface area contributed by atoms with Gasteiger partial charge in [-0.05, 0) is 36.8 Å². The van der Waals surface area contributed by atoms with Gasteiger partial charge >= 0.3 is 0 Å². The Morgan fingerprint density at radius 2 is 1.68 bits per heavy atom. The predicted octanol–water partition coefficient (Wildman–Crippen LogP) is 5.97. The van der Waals surface area contributed by atoms with Crippen molar-refractivity contribution in [3.8, 4) is 22.8 Å². The molecular formula is C20H13Cl2N3. The fourth-order valence-corrected chi connectivity index (χ4v) is 2.98. The SMILES string of the molecule is Cc1ccc(-c2ncc3ccccc3n2)nc1-c1ccc(Cl)c(Cl)c1. The molecule has 0 saturated heterocycles. The standard InChI is InChI=1S/C20H13Cl2N3/c1-12-6-9-18(20-23-11-14-4-2-3-5-17(14)25-20)24-19(12)13-7-8-15(21)16(22)10-13/h2-11H,1H3. The number of aromatic nitrogens is 3. The van der Waals surface area contributed by atoms with Crippen molar-refractivity contribution in [1.29, 1.82) is 0 Å². The van der Waals surface area contributed by atoms with Crippen LogP contribution in [0.5, 0.6) is 0 Å². The van der Waals surface area contributed by atoms with Gasteiger partial charge in [-0.1, -0.05) is 53.5 Å². The molecule has 0 N–H and O–H groups in total. The molecule has 25 heavy (non-hydrogen) atoms. The fourth-order valence-electron chi connectivity index (χ4n) is 2.68. The summed E-state index contributed by atoms with van der Waals surface area (Å²) in [6.45, 7) is 2.01. The monoisotopic (exact) mass is 365 g/mol. The highest BCUT2D eigenvalue weighted by Crippen LogP contribution is 2.30. The van der Waals surface area contributed by atoms with Crippen LogP contribution in [0.25, 0.3) is 33.7 Å². The van der Waals surface area contributed by atoms with Crippen LogP contribution in [0.2, 0.25) is 10.0 Å². The van der Waals surface area contributed by atoms with Crippen molar-refractivity contribution in [3.63, 3.8) is 0 Å². The maximum atomic E-state index is 6.15. The average Bonchev–Trinajstić information content (AvgIpc) is 2.64. The quantitative estimate of drug-likeness (QED) is 0.438. The maximum Gasteiger partial charge on any atom is 0.178 e. The predicted molar refractivity (Wildman–Crippen MR) is 103 cm³/mol. The third-order valence-electron chi connectivity index (χ3n) is 4.01. The number of hydrogen-bond donors (Lipinski definition) is 0. The number of halogens is 2. The Labute approximate surface area is 155 Å². The van der Waals surface area contributed by atoms with E-state index in [0.29, 0.717) is 15.9 Å². The smallest absolute Gasteiger partial charge is 0.178 e. The number of aryl methyl sites for hydroxylation is 1. The number of benzene rings is 2. The number of hydrogen-bond acceptors (Lipinski definition) is 3. The Hall–Kier alpha value is -2.49. The van der Waals surface area contributed by atoms with E-state index in [1.165, 1.54) is 0 Å². The summed E-state index contributed by atoms with van der Waals surface area (Å²) in [5.74, 6) is 0.597. The highest BCUT2D eigenvalue weighted by atomic mass is 35.5. The van der Waals surface area contributed by atoms with Gasteiger partial charge in [0.2, 0.25) is 0 Å². The molecule has 122 valence electrons. The van der Waals surface area contributed by atoms with E-state index in [1.54, 1.807) is 6.07 Å². The van der Waals surface area contributed by atoms with Crippen LogP contribution in [0.1, 0.15) is 5.56 Å². The summed E-state index contributed by atoms with van der Waals surface area (Å²) < 4.78 is 0. The topological polar surface area (TPSA) is 38.7 Å². The largest absolute Gasteiger partial charge is 0.244 e. The van der Waals surface area contributed by atoms with Crippen LogP contribution in [-0.4, -0.2) is 15.0 Å². The lowest BCUT2D eigenvalue weighted by molar-refractivity contribution is 1.17. The number of nitrogens with zero attached hydrogens (tertiary/aromatic N) is 3. The molecule has 0 unspecified atom stereocenters. The van der Waals surface area contributed by atoms with E-state index < -0.39 is 0 Å². The van der Waals surface area contributed by atoms with Gasteiger partial charge in [-0.25, -0.2) is 15.0 Å². The fraction of sp³-hybridized carbons (Fsp3) is 0.0500. The second-order valence-corrected chi connectivity index (χ2v) is 6.56. The molecule has 0 atom stereocenters. The molecule has 4 rings (SSSR count). The minimum Gasteiger partial charge on any atom is -0.244 e. The lowest BCUT2D eigenvalue weighted by Crippen LogP contribution is -1.96. The summed E-state index contributed by atoms with van der Waals surface area (Å²) >= 11 is 12.2. The Morgan fingerprint density at radius 3 is 2.52 bits per heavy atom. The summed E-state index contributed by atoms with van der Waals surface area (Å²) in [7, 11) is 0. The highest BCUT2D eigenvalue weighted by Gasteiger charge is 2.11. The third-order valence-corrected chi connectivity index (χ3v) is 4.75. The van der Waals surface area contributed by atoms with Crippen LogP contribution in [-0.2, 0) is 0 Å². The molecule has 0 bridgehead atoms. The van der Waals surface area contributed by atoms with Crippen molar-refractivity contribution < 1.29 is 0 Å². The van der Waals surface area contributed by atoms with Crippen LogP contribution in [0, 0.1) is 6.92 Å². The molecule has 0 spiro atoms. The van der Waals surface area contributed by atoms with Gasteiger partial charge in [0.1, 0.15) is 5.69 Å². The molecule has 4 aromatic rings. The Balaban J connectivity index is 1.84. The van der Waals surface area contributed by atoms with Gasteiger partial charge in [-0.2, -0.15) is 0 Å². The van der Waals surface area contributed by atoms with Crippen molar-refractivity contribution in [1.82, 2.24) is 15.0 Å². The Kier molecular flexibility index (Phi) is 4.12. The van der Waals surface area contributed by atoms with Crippen molar-refractivity contribution in [2.75, 3.05) is 0 Å². The minimum absolute atomic E-state index is 0.507. The number of rotatable bonds is 2. The second kappa shape index (κ2) is 6.43. The van der Waals surface area contributed by atoms with E-state index in [9.17, 15) is 0 Å². The van der Waals surface area contributed by atoms with E-state index in [4.69, 9.17) is 28.2 Å². The van der Waals surface area contributed by atoms with Crippen molar-refractivity contribution >= 4 is 34.1 Å². The lowest BCUT2D eigenvalue weighted by atomic mass is 10.1. The molecule has 2 heterocycles. The second-order valence-electron chi connectivity index (χ2n) is 5.74. The van der Waals surface area contributed by atoms with Crippen LogP contribution in [0.4, 0.5) is 0 Å². The molecule has 0 radical (unpaired) electrons. The van der Waals surface area contributed by atoms with E-state index in [0.717, 1.165) is 33.4 Å². The molecule has 0 aliphatic rings. The molecule has 0 aliphatic carbocycles. The molecule has 0 aliphatic heterocycles. The first-order chi connectivity index (χ1) is 12.1. The average molecular weight is 366 g/mol. The molecule has 2 aromatic carbocycles. The Morgan fingerprint density at radius 1 is 0.840 bits per heavy atom. The third kappa shape index (κ3) is 3.09. The first kappa shape index (κ1) is 16.0. The zero-order valence-corrected chi connectivity index (χ0v) is 14.9. The number of para-hydroxylation sites is 1. The molecule has 0 amide bonds. The zero-order chi connectivity index (χ0) is 17.4. The summed E-state index contributed by atoms with van der Waals surface area (Å²) in [4.78, 5) is 13.8. The maximum absolute atomic E-state index is 6.15. The first-order valence-electron chi connectivity index (χ1n) is 7.77. The summed E-state index contributed by atoms with van der Waals surface area (Å²) in [5, 5.41) is 2.04. The number of fused-ring (bicyclic) bond motifs is 1. The summed E-state index contributed by atoms with van der Waals surface area (Å²) in [6, 6.07) is 17.3. The van der Waals surface area contributed by atoms with Crippen molar-refractivity contribution in [2.45, 2.75) is 6.92 Å². The summed E-state index contributed by atoms with van der Waals surface area (Å²) in [6.07, 6.45) is 1.82. The highest BCUT2D eigenvalue weighted by molar-refractivity contribution is 6.42. The zero-order valence-electron chi connectivity index (χ0n) is 13.4. The van der Waals surface area contributed by atoms with E-state index in [-0.39, 0.29) is 0 Å². The normalized spacial score (nSPS) is 11.0. The van der Waals surface area contributed by atoms with Crippen LogP contribution < -0.4 is 0 Å². The van der Waals surface area contributed by atoms with E-state index >= 15 is 0 Å². The molecule has 5 heteroatoms. The van der Waals surface area contributed by atoms with E-state index in [1.807, 2.05) is 61.7 Å². The van der Waals surface area contributed by atoms with Gasteiger partial charge in [0.05, 0.1) is 21.3 Å². The molecular weight excluding hydrogens is 353 g/mol. The molecule has 3 nitrogen and oxygen atoms in total. The van der Waals surface area contributed by atoms with Crippen LogP contribution in [0.3, 0.4) is 0 Å². The summed E-state index contributed by atoms with van der Waals surface area (Å²) in [5.41, 5.74) is 4.41. The first-order valence-corrected chi connectivity index (χ1v) is 8.52. The van der Waals surface area contributed by atoms with Gasteiger partial charge < -0.3 is 0 Å². The van der Waals surface area contributed by atoms with E-state index in [2.05, 4.69) is 9.97 Å².